The van der Waals surface area contributed by atoms with E-state index in [1.165, 1.54) is 44.6 Å². The van der Waals surface area contributed by atoms with E-state index >= 15 is 0 Å². The Balaban J connectivity index is 1.62. The van der Waals surface area contributed by atoms with Gasteiger partial charge in [-0.15, -0.1) is 0 Å². The lowest BCUT2D eigenvalue weighted by atomic mass is 9.86. The molecule has 6 nitrogen and oxygen atoms in total. The van der Waals surface area contributed by atoms with Gasteiger partial charge in [-0.1, -0.05) is 32.1 Å². The predicted octanol–water partition coefficient (Wildman–Crippen LogP) is 3.89. The number of carbonyl (C=O) groups excluding carboxylic acids is 1. The number of aromatic amines is 1. The van der Waals surface area contributed by atoms with Gasteiger partial charge in [0.15, 0.2) is 5.78 Å². The number of hydrogen-bond acceptors (Lipinski definition) is 5. The number of nitrogens with one attached hydrogen (secondary N) is 2. The lowest BCUT2D eigenvalue weighted by Crippen LogP contribution is -2.12. The maximum absolute atomic E-state index is 14.6. The quantitative estimate of drug-likeness (QED) is 0.528. The van der Waals surface area contributed by atoms with Crippen LogP contribution in [-0.4, -0.2) is 32.8 Å². The lowest BCUT2D eigenvalue weighted by molar-refractivity contribution is 0.103. The van der Waals surface area contributed by atoms with Gasteiger partial charge in [0.2, 0.25) is 5.95 Å². The summed E-state index contributed by atoms with van der Waals surface area (Å²) >= 11 is 0. The van der Waals surface area contributed by atoms with Gasteiger partial charge in [0.25, 0.3) is 0 Å². The number of H-pyrrole nitrogens is 1. The number of carbonyl (C=O) groups is 1. The normalized spacial score (nSPS) is 15.2. The Hall–Kier alpha value is -2.83. The molecule has 0 spiro atoms. The fraction of sp³-hybridized carbons (Fsp3) is 0.400. The van der Waals surface area contributed by atoms with Gasteiger partial charge in [-0.05, 0) is 24.5 Å². The number of fused-ring (bicyclic) bond motifs is 1. The summed E-state index contributed by atoms with van der Waals surface area (Å²) in [7, 11) is 1.71. The zero-order valence-electron chi connectivity index (χ0n) is 15.3. The topological polar surface area (TPSA) is 83.6 Å². The number of halogens is 1. The van der Waals surface area contributed by atoms with Crippen LogP contribution in [0.2, 0.25) is 0 Å². The zero-order chi connectivity index (χ0) is 18.8. The second kappa shape index (κ2) is 7.42. The van der Waals surface area contributed by atoms with Gasteiger partial charge in [0.1, 0.15) is 17.8 Å². The minimum Gasteiger partial charge on any atom is -0.372 e. The molecular weight excluding hydrogens is 345 g/mol. The monoisotopic (exact) mass is 367 g/mol. The third-order valence-electron chi connectivity index (χ3n) is 5.32. The first-order chi connectivity index (χ1) is 13.2. The first-order valence-electron chi connectivity index (χ1n) is 9.37. The van der Waals surface area contributed by atoms with E-state index < -0.39 is 11.7 Å². The Morgan fingerprint density at radius 3 is 2.78 bits per heavy atom. The van der Waals surface area contributed by atoms with Crippen molar-refractivity contribution in [3.63, 3.8) is 0 Å². The fourth-order valence-corrected chi connectivity index (χ4v) is 3.92. The van der Waals surface area contributed by atoms with Gasteiger partial charge in [0.05, 0.1) is 16.5 Å². The SMILES string of the molecule is CNc1ncnc2[nH]cc(C(=O)c3ccc(CC4CCCCC4)nc3F)c12. The van der Waals surface area contributed by atoms with Crippen LogP contribution in [0.3, 0.4) is 0 Å². The Morgan fingerprint density at radius 1 is 1.22 bits per heavy atom. The number of rotatable bonds is 5. The van der Waals surface area contributed by atoms with E-state index in [-0.39, 0.29) is 5.56 Å². The van der Waals surface area contributed by atoms with Crippen molar-refractivity contribution in [2.45, 2.75) is 38.5 Å². The highest BCUT2D eigenvalue weighted by Crippen LogP contribution is 2.28. The third-order valence-corrected chi connectivity index (χ3v) is 5.32. The summed E-state index contributed by atoms with van der Waals surface area (Å²) < 4.78 is 14.6. The number of nitrogens with zero attached hydrogens (tertiary/aromatic N) is 3. The molecule has 0 aromatic carbocycles. The summed E-state index contributed by atoms with van der Waals surface area (Å²) in [4.78, 5) is 28.2. The van der Waals surface area contributed by atoms with Crippen molar-refractivity contribution < 1.29 is 9.18 Å². The molecule has 0 saturated heterocycles. The Labute approximate surface area is 156 Å². The van der Waals surface area contributed by atoms with E-state index in [4.69, 9.17) is 0 Å². The van der Waals surface area contributed by atoms with Crippen LogP contribution in [0.5, 0.6) is 0 Å². The summed E-state index contributed by atoms with van der Waals surface area (Å²) in [5, 5.41) is 3.49. The van der Waals surface area contributed by atoms with Crippen LogP contribution in [0.25, 0.3) is 11.0 Å². The van der Waals surface area contributed by atoms with Crippen molar-refractivity contribution in [2.75, 3.05) is 12.4 Å². The van der Waals surface area contributed by atoms with Crippen molar-refractivity contribution in [1.29, 1.82) is 0 Å². The zero-order valence-corrected chi connectivity index (χ0v) is 15.3. The highest BCUT2D eigenvalue weighted by Gasteiger charge is 2.22. The third kappa shape index (κ3) is 3.41. The van der Waals surface area contributed by atoms with E-state index in [1.54, 1.807) is 19.2 Å². The van der Waals surface area contributed by atoms with Gasteiger partial charge in [0, 0.05) is 18.9 Å². The van der Waals surface area contributed by atoms with Crippen LogP contribution in [-0.2, 0) is 6.42 Å². The number of aromatic nitrogens is 4. The number of hydrogen-bond donors (Lipinski definition) is 2. The molecule has 3 heterocycles. The second-order valence-corrected chi connectivity index (χ2v) is 7.08. The molecule has 1 aliphatic carbocycles. The van der Waals surface area contributed by atoms with E-state index in [1.807, 2.05) is 0 Å². The van der Waals surface area contributed by atoms with Gasteiger partial charge in [-0.3, -0.25) is 4.79 Å². The van der Waals surface area contributed by atoms with Crippen LogP contribution in [0, 0.1) is 11.9 Å². The average molecular weight is 367 g/mol. The van der Waals surface area contributed by atoms with E-state index in [9.17, 15) is 9.18 Å². The molecule has 3 aromatic rings. The van der Waals surface area contributed by atoms with E-state index in [0.717, 1.165) is 6.42 Å². The fourth-order valence-electron chi connectivity index (χ4n) is 3.92. The molecule has 1 saturated carbocycles. The molecule has 4 rings (SSSR count). The highest BCUT2D eigenvalue weighted by molar-refractivity contribution is 6.17. The van der Waals surface area contributed by atoms with Gasteiger partial charge in [-0.2, -0.15) is 4.39 Å². The number of anilines is 1. The first-order valence-corrected chi connectivity index (χ1v) is 9.37. The maximum atomic E-state index is 14.6. The van der Waals surface area contributed by atoms with Crippen LogP contribution in [0.4, 0.5) is 10.2 Å². The summed E-state index contributed by atoms with van der Waals surface area (Å²) in [5.74, 6) is -0.0599. The minimum absolute atomic E-state index is 0.0331. The largest absolute Gasteiger partial charge is 0.372 e. The van der Waals surface area contributed by atoms with Gasteiger partial charge < -0.3 is 10.3 Å². The van der Waals surface area contributed by atoms with Crippen molar-refractivity contribution in [1.82, 2.24) is 19.9 Å². The van der Waals surface area contributed by atoms with Crippen molar-refractivity contribution in [3.8, 4) is 0 Å². The van der Waals surface area contributed by atoms with E-state index in [0.29, 0.717) is 34.0 Å². The molecule has 0 unspecified atom stereocenters. The highest BCUT2D eigenvalue weighted by atomic mass is 19.1. The Bertz CT molecular complexity index is 978. The summed E-state index contributed by atoms with van der Waals surface area (Å²) in [5.41, 5.74) is 1.54. The molecule has 0 amide bonds. The molecule has 140 valence electrons. The van der Waals surface area contributed by atoms with Crippen LogP contribution in [0.1, 0.15) is 53.7 Å². The molecule has 2 N–H and O–H groups in total. The summed E-state index contributed by atoms with van der Waals surface area (Å²) in [6, 6.07) is 3.32. The molecule has 27 heavy (non-hydrogen) atoms. The molecule has 0 bridgehead atoms. The van der Waals surface area contributed by atoms with Crippen LogP contribution < -0.4 is 5.32 Å². The summed E-state index contributed by atoms with van der Waals surface area (Å²) in [6.07, 6.45) is 9.82. The maximum Gasteiger partial charge on any atom is 0.224 e. The molecule has 0 aliphatic heterocycles. The van der Waals surface area contributed by atoms with E-state index in [2.05, 4.69) is 25.3 Å². The van der Waals surface area contributed by atoms with Gasteiger partial charge >= 0.3 is 0 Å². The summed E-state index contributed by atoms with van der Waals surface area (Å²) in [6.45, 7) is 0. The smallest absolute Gasteiger partial charge is 0.224 e. The van der Waals surface area contributed by atoms with Crippen LogP contribution in [0.15, 0.2) is 24.7 Å². The number of pyridine rings is 1. The first kappa shape index (κ1) is 17.6. The van der Waals surface area contributed by atoms with Crippen molar-refractivity contribution in [2.24, 2.45) is 5.92 Å². The molecule has 7 heteroatoms. The molecule has 0 atom stereocenters. The standard InChI is InChI=1S/C20H22FN5O/c1-22-19-16-15(10-23-20(16)25-11-24-19)17(27)14-8-7-13(26-18(14)21)9-12-5-3-2-4-6-12/h7-8,10-12H,2-6,9H2,1H3,(H2,22,23,24,25). The van der Waals surface area contributed by atoms with Crippen molar-refractivity contribution >= 4 is 22.6 Å². The lowest BCUT2D eigenvalue weighted by Gasteiger charge is -2.21. The molecule has 1 fully saturated rings. The minimum atomic E-state index is -0.717. The Kier molecular flexibility index (Phi) is 4.83. The van der Waals surface area contributed by atoms with Crippen molar-refractivity contribution in [3.05, 3.63) is 47.4 Å². The molecule has 3 aromatic heterocycles. The average Bonchev–Trinajstić information content (AvgIpc) is 3.13. The Morgan fingerprint density at radius 2 is 2.04 bits per heavy atom. The molecular formula is C20H22FN5O. The molecule has 1 aliphatic rings. The van der Waals surface area contributed by atoms with Gasteiger partial charge in [-0.25, -0.2) is 15.0 Å². The second-order valence-electron chi connectivity index (χ2n) is 7.08. The predicted molar refractivity (Wildman–Crippen MR) is 101 cm³/mol. The number of ketones is 1. The molecule has 0 radical (unpaired) electrons. The van der Waals surface area contributed by atoms with Crippen LogP contribution >= 0.6 is 0 Å².